The van der Waals surface area contributed by atoms with Gasteiger partial charge in [-0.3, -0.25) is 0 Å². The molecule has 0 fully saturated rings. The third kappa shape index (κ3) is 3.15. The molecule has 0 saturated heterocycles. The maximum atomic E-state index is 11.0. The summed E-state index contributed by atoms with van der Waals surface area (Å²) in [5, 5.41) is 8.81. The molecular weight excluding hydrogens is 202 g/mol. The zero-order valence-electron chi connectivity index (χ0n) is 9.20. The fourth-order valence-corrected chi connectivity index (χ4v) is 1.11. The van der Waals surface area contributed by atoms with Crippen LogP contribution in [-0.4, -0.2) is 12.6 Å². The molecule has 16 heavy (non-hydrogen) atoms. The van der Waals surface area contributed by atoms with Crippen LogP contribution in [0.25, 0.3) is 0 Å². The number of carbonyl (C=O) groups is 1. The third-order valence-corrected chi connectivity index (χ3v) is 1.94. The maximum Gasteiger partial charge on any atom is 0.384 e. The van der Waals surface area contributed by atoms with Crippen molar-refractivity contribution < 1.29 is 9.53 Å². The van der Waals surface area contributed by atoms with Crippen LogP contribution in [0.4, 0.5) is 0 Å². The van der Waals surface area contributed by atoms with Gasteiger partial charge in [0, 0.05) is 11.5 Å². The van der Waals surface area contributed by atoms with Crippen LogP contribution in [0.3, 0.4) is 0 Å². The average molecular weight is 213 g/mol. The first-order valence-corrected chi connectivity index (χ1v) is 4.87. The van der Waals surface area contributed by atoms with Crippen LogP contribution in [0.15, 0.2) is 18.2 Å². The first-order chi connectivity index (χ1) is 7.67. The lowest BCUT2D eigenvalue weighted by Crippen LogP contribution is -1.99. The Balaban J connectivity index is 2.91. The Hall–Kier alpha value is -2.26. The van der Waals surface area contributed by atoms with Gasteiger partial charge in [0.2, 0.25) is 0 Å². The number of rotatable bonds is 1. The van der Waals surface area contributed by atoms with Crippen LogP contribution >= 0.6 is 0 Å². The summed E-state index contributed by atoms with van der Waals surface area (Å²) in [6.45, 7) is 3.88. The highest BCUT2D eigenvalue weighted by molar-refractivity contribution is 5.89. The van der Waals surface area contributed by atoms with E-state index in [1.54, 1.807) is 25.1 Å². The molecular formula is C13H11NO2. The second-order valence-corrected chi connectivity index (χ2v) is 3.11. The molecule has 0 saturated carbocycles. The summed E-state index contributed by atoms with van der Waals surface area (Å²) in [4.78, 5) is 11.0. The van der Waals surface area contributed by atoms with Gasteiger partial charge in [-0.05, 0) is 31.5 Å². The first kappa shape index (κ1) is 11.8. The Labute approximate surface area is 94.7 Å². The van der Waals surface area contributed by atoms with Gasteiger partial charge in [-0.2, -0.15) is 5.26 Å². The summed E-state index contributed by atoms with van der Waals surface area (Å²) < 4.78 is 4.67. The summed E-state index contributed by atoms with van der Waals surface area (Å²) in [5.74, 6) is 4.45. The molecule has 3 heteroatoms. The summed E-state index contributed by atoms with van der Waals surface area (Å²) in [5.41, 5.74) is 2.09. The second kappa shape index (κ2) is 5.58. The van der Waals surface area contributed by atoms with Gasteiger partial charge in [0.05, 0.1) is 18.2 Å². The summed E-state index contributed by atoms with van der Waals surface area (Å²) in [6, 6.07) is 7.28. The smallest absolute Gasteiger partial charge is 0.384 e. The Morgan fingerprint density at radius 3 is 2.88 bits per heavy atom. The normalized spacial score (nSPS) is 8.56. The Kier molecular flexibility index (Phi) is 4.12. The van der Waals surface area contributed by atoms with Crippen molar-refractivity contribution in [2.24, 2.45) is 0 Å². The molecule has 0 aliphatic rings. The first-order valence-electron chi connectivity index (χ1n) is 4.87. The van der Waals surface area contributed by atoms with E-state index in [2.05, 4.69) is 22.6 Å². The van der Waals surface area contributed by atoms with Crippen molar-refractivity contribution in [3.8, 4) is 17.9 Å². The van der Waals surface area contributed by atoms with Crippen molar-refractivity contribution in [1.29, 1.82) is 5.26 Å². The lowest BCUT2D eigenvalue weighted by molar-refractivity contribution is -0.136. The lowest BCUT2D eigenvalue weighted by Gasteiger charge is -1.96. The van der Waals surface area contributed by atoms with E-state index in [1.807, 2.05) is 6.92 Å². The monoisotopic (exact) mass is 213 g/mol. The van der Waals surface area contributed by atoms with E-state index in [0.717, 1.165) is 5.56 Å². The summed E-state index contributed by atoms with van der Waals surface area (Å²) in [7, 11) is 0. The SMILES string of the molecule is CCOC(=O)C#Cc1ccc(C)c(C#N)c1. The van der Waals surface area contributed by atoms with Crippen molar-refractivity contribution in [1.82, 2.24) is 0 Å². The van der Waals surface area contributed by atoms with Crippen LogP contribution in [0.1, 0.15) is 23.6 Å². The highest BCUT2D eigenvalue weighted by Crippen LogP contribution is 2.08. The van der Waals surface area contributed by atoms with Gasteiger partial charge in [-0.15, -0.1) is 0 Å². The maximum absolute atomic E-state index is 11.0. The topological polar surface area (TPSA) is 50.1 Å². The van der Waals surface area contributed by atoms with Crippen molar-refractivity contribution >= 4 is 5.97 Å². The van der Waals surface area contributed by atoms with E-state index in [4.69, 9.17) is 5.26 Å². The molecule has 0 aromatic heterocycles. The zero-order valence-corrected chi connectivity index (χ0v) is 9.20. The molecule has 1 aromatic rings. The average Bonchev–Trinajstić information content (AvgIpc) is 2.28. The van der Waals surface area contributed by atoms with Crippen molar-refractivity contribution in [2.75, 3.05) is 6.61 Å². The number of ether oxygens (including phenoxy) is 1. The highest BCUT2D eigenvalue weighted by Gasteiger charge is 1.98. The van der Waals surface area contributed by atoms with Gasteiger partial charge in [-0.25, -0.2) is 4.79 Å². The summed E-state index contributed by atoms with van der Waals surface area (Å²) >= 11 is 0. The molecule has 0 amide bonds. The van der Waals surface area contributed by atoms with Crippen LogP contribution in [0.5, 0.6) is 0 Å². The van der Waals surface area contributed by atoms with Crippen LogP contribution < -0.4 is 0 Å². The fraction of sp³-hybridized carbons (Fsp3) is 0.231. The van der Waals surface area contributed by atoms with Gasteiger partial charge in [0.1, 0.15) is 0 Å². The van der Waals surface area contributed by atoms with Gasteiger partial charge in [0.15, 0.2) is 0 Å². The Morgan fingerprint density at radius 2 is 2.25 bits per heavy atom. The van der Waals surface area contributed by atoms with Crippen LogP contribution in [0.2, 0.25) is 0 Å². The Bertz CT molecular complexity index is 501. The zero-order chi connectivity index (χ0) is 12.0. The molecule has 0 spiro atoms. The number of hydrogen-bond donors (Lipinski definition) is 0. The number of aryl methyl sites for hydroxylation is 1. The number of nitriles is 1. The number of carbonyl (C=O) groups excluding carboxylic acids is 1. The third-order valence-electron chi connectivity index (χ3n) is 1.94. The van der Waals surface area contributed by atoms with E-state index < -0.39 is 5.97 Å². The lowest BCUT2D eigenvalue weighted by atomic mass is 10.1. The van der Waals surface area contributed by atoms with Gasteiger partial charge < -0.3 is 4.74 Å². The fourth-order valence-electron chi connectivity index (χ4n) is 1.11. The molecule has 3 nitrogen and oxygen atoms in total. The quantitative estimate of drug-likeness (QED) is 0.527. The van der Waals surface area contributed by atoms with Gasteiger partial charge in [0.25, 0.3) is 0 Å². The minimum absolute atomic E-state index is 0.310. The minimum Gasteiger partial charge on any atom is -0.456 e. The molecule has 0 unspecified atom stereocenters. The van der Waals surface area contributed by atoms with Crippen molar-refractivity contribution in [3.63, 3.8) is 0 Å². The van der Waals surface area contributed by atoms with E-state index >= 15 is 0 Å². The molecule has 1 aromatic carbocycles. The van der Waals surface area contributed by atoms with E-state index in [9.17, 15) is 4.79 Å². The van der Waals surface area contributed by atoms with E-state index in [-0.39, 0.29) is 0 Å². The molecule has 1 rings (SSSR count). The molecule has 0 aliphatic carbocycles. The van der Waals surface area contributed by atoms with Crippen molar-refractivity contribution in [2.45, 2.75) is 13.8 Å². The molecule has 0 radical (unpaired) electrons. The predicted octanol–water partition coefficient (Wildman–Crippen LogP) is 1.78. The van der Waals surface area contributed by atoms with Gasteiger partial charge >= 0.3 is 5.97 Å². The number of benzene rings is 1. The van der Waals surface area contributed by atoms with E-state index in [1.165, 1.54) is 0 Å². The molecule has 80 valence electrons. The largest absolute Gasteiger partial charge is 0.456 e. The molecule has 0 heterocycles. The molecule has 0 bridgehead atoms. The van der Waals surface area contributed by atoms with Crippen LogP contribution in [0, 0.1) is 30.1 Å². The predicted molar refractivity (Wildman–Crippen MR) is 59.4 cm³/mol. The van der Waals surface area contributed by atoms with Crippen molar-refractivity contribution in [3.05, 3.63) is 34.9 Å². The number of nitrogens with zero attached hydrogens (tertiary/aromatic N) is 1. The minimum atomic E-state index is -0.554. The van der Waals surface area contributed by atoms with Crippen LogP contribution in [-0.2, 0) is 9.53 Å². The Morgan fingerprint density at radius 1 is 1.50 bits per heavy atom. The number of esters is 1. The molecule has 0 aliphatic heterocycles. The van der Waals surface area contributed by atoms with E-state index in [0.29, 0.717) is 17.7 Å². The van der Waals surface area contributed by atoms with Gasteiger partial charge in [-0.1, -0.05) is 12.0 Å². The summed E-state index contributed by atoms with van der Waals surface area (Å²) in [6.07, 6.45) is 0. The number of hydrogen-bond acceptors (Lipinski definition) is 3. The molecule has 0 atom stereocenters. The standard InChI is InChI=1S/C13H11NO2/c1-3-16-13(15)7-6-11-5-4-10(2)12(8-11)9-14/h4-5,8H,3H2,1-2H3. The second-order valence-electron chi connectivity index (χ2n) is 3.11. The highest BCUT2D eigenvalue weighted by atomic mass is 16.5. The molecule has 0 N–H and O–H groups in total.